The third-order valence-electron chi connectivity index (χ3n) is 2.87. The number of hydrogen-bond donors (Lipinski definition) is 2. The molecule has 1 unspecified atom stereocenters. The van der Waals surface area contributed by atoms with Gasteiger partial charge in [-0.3, -0.25) is 4.98 Å². The van der Waals surface area contributed by atoms with E-state index >= 15 is 0 Å². The average molecular weight is 262 g/mol. The van der Waals surface area contributed by atoms with Crippen LogP contribution in [0, 0.1) is 0 Å². The highest BCUT2D eigenvalue weighted by Crippen LogP contribution is 2.37. The summed E-state index contributed by atoms with van der Waals surface area (Å²) >= 11 is 1.70. The summed E-state index contributed by atoms with van der Waals surface area (Å²) < 4.78 is 0. The first-order valence-corrected chi connectivity index (χ1v) is 6.86. The molecule has 2 aromatic rings. The molecule has 2 rings (SSSR count). The summed E-state index contributed by atoms with van der Waals surface area (Å²) in [6, 6.07) is 3.99. The van der Waals surface area contributed by atoms with Gasteiger partial charge in [0.15, 0.2) is 5.13 Å². The van der Waals surface area contributed by atoms with Gasteiger partial charge in [0, 0.05) is 29.9 Å². The van der Waals surface area contributed by atoms with E-state index in [-0.39, 0.29) is 0 Å². The first-order valence-electron chi connectivity index (χ1n) is 6.05. The molecule has 3 N–H and O–H groups in total. The largest absolute Gasteiger partial charge is 0.365 e. The Morgan fingerprint density at radius 2 is 2.11 bits per heavy atom. The van der Waals surface area contributed by atoms with Gasteiger partial charge in [0.25, 0.3) is 0 Å². The molecule has 0 radical (unpaired) electrons. The maximum atomic E-state index is 5.65. The first kappa shape index (κ1) is 13.0. The number of nitrogens with one attached hydrogen (secondary N) is 1. The zero-order valence-electron chi connectivity index (χ0n) is 10.7. The number of hydrogen-bond acceptors (Lipinski definition) is 5. The maximum absolute atomic E-state index is 5.65. The normalized spacial score (nSPS) is 12.4. The van der Waals surface area contributed by atoms with Crippen molar-refractivity contribution in [3.8, 4) is 11.3 Å². The fourth-order valence-corrected chi connectivity index (χ4v) is 2.90. The van der Waals surface area contributed by atoms with E-state index < -0.39 is 0 Å². The molecule has 4 nitrogen and oxygen atoms in total. The highest BCUT2D eigenvalue weighted by atomic mass is 32.1. The number of nitrogens with two attached hydrogens (primary N) is 1. The molecule has 0 aromatic carbocycles. The van der Waals surface area contributed by atoms with E-state index in [1.807, 2.05) is 19.2 Å². The summed E-state index contributed by atoms with van der Waals surface area (Å²) in [5.41, 5.74) is 7.81. The lowest BCUT2D eigenvalue weighted by atomic mass is 10.0. The van der Waals surface area contributed by atoms with Crippen LogP contribution in [0.5, 0.6) is 0 Å². The summed E-state index contributed by atoms with van der Waals surface area (Å²) in [4.78, 5) is 9.98. The molecule has 0 saturated heterocycles. The van der Waals surface area contributed by atoms with E-state index in [9.17, 15) is 0 Å². The van der Waals surface area contributed by atoms with Crippen LogP contribution in [0.2, 0.25) is 0 Å². The Kier molecular flexibility index (Phi) is 4.28. The summed E-state index contributed by atoms with van der Waals surface area (Å²) in [6.45, 7) is 2.90. The Morgan fingerprint density at radius 3 is 2.72 bits per heavy atom. The third-order valence-corrected chi connectivity index (χ3v) is 4.17. The van der Waals surface area contributed by atoms with Crippen molar-refractivity contribution in [1.29, 1.82) is 0 Å². The SMILES string of the molecule is CNc1nc(-c2ccncc2)c(C(C)CCN)s1. The second kappa shape index (κ2) is 5.93. The van der Waals surface area contributed by atoms with Crippen LogP contribution in [0.15, 0.2) is 24.5 Å². The van der Waals surface area contributed by atoms with Crippen LogP contribution in [0.25, 0.3) is 11.3 Å². The lowest BCUT2D eigenvalue weighted by Crippen LogP contribution is -2.04. The summed E-state index contributed by atoms with van der Waals surface area (Å²) in [6.07, 6.45) is 4.57. The fourth-order valence-electron chi connectivity index (χ4n) is 1.87. The molecular weight excluding hydrogens is 244 g/mol. The number of anilines is 1. The average Bonchev–Trinajstić information content (AvgIpc) is 2.84. The van der Waals surface area contributed by atoms with E-state index in [2.05, 4.69) is 22.2 Å². The molecule has 0 saturated carbocycles. The maximum Gasteiger partial charge on any atom is 0.183 e. The minimum absolute atomic E-state index is 0.428. The molecule has 18 heavy (non-hydrogen) atoms. The molecule has 0 aliphatic carbocycles. The van der Waals surface area contributed by atoms with Gasteiger partial charge in [0.1, 0.15) is 0 Å². The van der Waals surface area contributed by atoms with E-state index in [0.717, 1.165) is 22.8 Å². The predicted octanol–water partition coefficient (Wildman–Crippen LogP) is 2.70. The van der Waals surface area contributed by atoms with Crippen LogP contribution in [-0.2, 0) is 0 Å². The zero-order valence-corrected chi connectivity index (χ0v) is 11.5. The topological polar surface area (TPSA) is 63.8 Å². The van der Waals surface area contributed by atoms with Crippen molar-refractivity contribution in [3.63, 3.8) is 0 Å². The third kappa shape index (κ3) is 2.68. The molecule has 5 heteroatoms. The Morgan fingerprint density at radius 1 is 1.39 bits per heavy atom. The molecule has 0 aliphatic heterocycles. The standard InChI is InChI=1S/C13H18N4S/c1-9(3-6-14)12-11(17-13(15-2)18-12)10-4-7-16-8-5-10/h4-5,7-9H,3,6,14H2,1-2H3,(H,15,17). The van der Waals surface area contributed by atoms with E-state index in [1.54, 1.807) is 23.7 Å². The number of aromatic nitrogens is 2. The van der Waals surface area contributed by atoms with Gasteiger partial charge in [0.05, 0.1) is 5.69 Å². The van der Waals surface area contributed by atoms with Gasteiger partial charge in [-0.2, -0.15) is 0 Å². The predicted molar refractivity (Wildman–Crippen MR) is 77.0 cm³/mol. The number of nitrogens with zero attached hydrogens (tertiary/aromatic N) is 2. The van der Waals surface area contributed by atoms with Gasteiger partial charge >= 0.3 is 0 Å². The minimum Gasteiger partial charge on any atom is -0.365 e. The lowest BCUT2D eigenvalue weighted by molar-refractivity contribution is 0.701. The van der Waals surface area contributed by atoms with Crippen LogP contribution >= 0.6 is 11.3 Å². The second-order valence-corrected chi connectivity index (χ2v) is 5.23. The Hall–Kier alpha value is -1.46. The molecule has 0 bridgehead atoms. The summed E-state index contributed by atoms with van der Waals surface area (Å²) in [7, 11) is 1.90. The molecule has 2 heterocycles. The van der Waals surface area contributed by atoms with Crippen molar-refractivity contribution in [1.82, 2.24) is 9.97 Å². The first-order chi connectivity index (χ1) is 8.76. The molecule has 2 aromatic heterocycles. The zero-order chi connectivity index (χ0) is 13.0. The van der Waals surface area contributed by atoms with Crippen molar-refractivity contribution in [2.75, 3.05) is 18.9 Å². The van der Waals surface area contributed by atoms with Crippen LogP contribution in [-0.4, -0.2) is 23.6 Å². The Balaban J connectivity index is 2.42. The Labute approximate surface area is 111 Å². The molecule has 1 atom stereocenters. The minimum atomic E-state index is 0.428. The van der Waals surface area contributed by atoms with Crippen molar-refractivity contribution >= 4 is 16.5 Å². The number of pyridine rings is 1. The van der Waals surface area contributed by atoms with E-state index in [4.69, 9.17) is 5.73 Å². The van der Waals surface area contributed by atoms with E-state index in [0.29, 0.717) is 12.5 Å². The van der Waals surface area contributed by atoms with Gasteiger partial charge < -0.3 is 11.1 Å². The summed E-state index contributed by atoms with van der Waals surface area (Å²) in [5.74, 6) is 0.428. The molecule has 0 spiro atoms. The molecular formula is C13H18N4S. The summed E-state index contributed by atoms with van der Waals surface area (Å²) in [5, 5.41) is 4.06. The van der Waals surface area contributed by atoms with Crippen molar-refractivity contribution in [3.05, 3.63) is 29.4 Å². The van der Waals surface area contributed by atoms with Gasteiger partial charge in [-0.05, 0) is 31.0 Å². The smallest absolute Gasteiger partial charge is 0.183 e. The lowest BCUT2D eigenvalue weighted by Gasteiger charge is -2.09. The van der Waals surface area contributed by atoms with Crippen LogP contribution in [0.3, 0.4) is 0 Å². The quantitative estimate of drug-likeness (QED) is 0.869. The number of rotatable bonds is 5. The number of thiazole rings is 1. The molecule has 0 amide bonds. The van der Waals surface area contributed by atoms with Crippen molar-refractivity contribution in [2.24, 2.45) is 5.73 Å². The van der Waals surface area contributed by atoms with Gasteiger partial charge in [-0.1, -0.05) is 6.92 Å². The van der Waals surface area contributed by atoms with Crippen molar-refractivity contribution < 1.29 is 0 Å². The Bertz CT molecular complexity index is 495. The highest BCUT2D eigenvalue weighted by Gasteiger charge is 2.17. The van der Waals surface area contributed by atoms with Crippen LogP contribution in [0.4, 0.5) is 5.13 Å². The highest BCUT2D eigenvalue weighted by molar-refractivity contribution is 7.16. The molecule has 0 aliphatic rings. The monoisotopic (exact) mass is 262 g/mol. The van der Waals surface area contributed by atoms with Crippen LogP contribution in [0.1, 0.15) is 24.1 Å². The second-order valence-electron chi connectivity index (χ2n) is 4.20. The van der Waals surface area contributed by atoms with Gasteiger partial charge in [-0.25, -0.2) is 4.98 Å². The fraction of sp³-hybridized carbons (Fsp3) is 0.385. The molecule has 0 fully saturated rings. The van der Waals surface area contributed by atoms with Crippen molar-refractivity contribution in [2.45, 2.75) is 19.3 Å². The van der Waals surface area contributed by atoms with Gasteiger partial charge in [-0.15, -0.1) is 11.3 Å². The van der Waals surface area contributed by atoms with Gasteiger partial charge in [0.2, 0.25) is 0 Å². The van der Waals surface area contributed by atoms with Crippen LogP contribution < -0.4 is 11.1 Å². The van der Waals surface area contributed by atoms with E-state index in [1.165, 1.54) is 4.88 Å². The molecule has 96 valence electrons.